The van der Waals surface area contributed by atoms with E-state index in [0.717, 1.165) is 0 Å². The first-order chi connectivity index (χ1) is 7.45. The van der Waals surface area contributed by atoms with Crippen LogP contribution in [0.5, 0.6) is 0 Å². The van der Waals surface area contributed by atoms with Gasteiger partial charge in [0.15, 0.2) is 0 Å². The summed E-state index contributed by atoms with van der Waals surface area (Å²) < 4.78 is 0. The molecule has 0 fully saturated rings. The maximum atomic E-state index is 10.4. The molecule has 8 heteroatoms. The van der Waals surface area contributed by atoms with Gasteiger partial charge in [0.1, 0.15) is 12.1 Å². The molecule has 0 aromatic rings. The van der Waals surface area contributed by atoms with Gasteiger partial charge in [-0.3, -0.25) is 9.59 Å². The normalized spacial score (nSPS) is 14.4. The number of carboxylic acids is 2. The Morgan fingerprint density at radius 3 is 1.50 bits per heavy atom. The zero-order chi connectivity index (χ0) is 12.6. The van der Waals surface area contributed by atoms with Crippen LogP contribution in [0, 0.1) is 0 Å². The summed E-state index contributed by atoms with van der Waals surface area (Å²) in [7, 11) is 2.96. The molecular weight excluding hydrogens is 252 g/mol. The van der Waals surface area contributed by atoms with Crippen LogP contribution in [0.4, 0.5) is 0 Å². The first kappa shape index (κ1) is 15.6. The molecule has 0 aromatic heterocycles. The molecule has 6 nitrogen and oxygen atoms in total. The molecule has 0 heterocycles. The molecule has 0 aliphatic rings. The summed E-state index contributed by atoms with van der Waals surface area (Å²) in [6, 6.07) is -1.65. The average Bonchev–Trinajstić information content (AvgIpc) is 2.21. The van der Waals surface area contributed by atoms with Crippen LogP contribution in [-0.2, 0) is 9.59 Å². The van der Waals surface area contributed by atoms with Gasteiger partial charge in [-0.05, 0) is 12.8 Å². The molecule has 0 spiro atoms. The van der Waals surface area contributed by atoms with E-state index in [-0.39, 0.29) is 0 Å². The second kappa shape index (κ2) is 8.68. The lowest BCUT2D eigenvalue weighted by atomic mass is 10.2. The number of carbonyl (C=O) groups is 2. The highest BCUT2D eigenvalue weighted by Gasteiger charge is 2.12. The number of rotatable bonds is 9. The predicted octanol–water partition coefficient (Wildman–Crippen LogP) is -0.0282. The highest BCUT2D eigenvalue weighted by Crippen LogP contribution is 2.23. The molecule has 94 valence electrons. The Hall–Kier alpha value is -0.440. The summed E-state index contributed by atoms with van der Waals surface area (Å²) >= 11 is 0. The Morgan fingerprint density at radius 1 is 0.938 bits per heavy atom. The van der Waals surface area contributed by atoms with Crippen molar-refractivity contribution >= 4 is 33.5 Å². The summed E-state index contributed by atoms with van der Waals surface area (Å²) in [5, 5.41) is 17.0. The highest BCUT2D eigenvalue weighted by atomic mass is 33.1. The molecule has 0 aromatic carbocycles. The summed E-state index contributed by atoms with van der Waals surface area (Å²) in [6.07, 6.45) is 0.802. The van der Waals surface area contributed by atoms with E-state index in [2.05, 4.69) is 0 Å². The quantitative estimate of drug-likeness (QED) is 0.339. The van der Waals surface area contributed by atoms with Gasteiger partial charge in [0.25, 0.3) is 0 Å². The van der Waals surface area contributed by atoms with Gasteiger partial charge in [-0.2, -0.15) is 0 Å². The van der Waals surface area contributed by atoms with E-state index in [1.807, 2.05) is 0 Å². The third kappa shape index (κ3) is 7.80. The van der Waals surface area contributed by atoms with Gasteiger partial charge in [-0.1, -0.05) is 21.6 Å². The van der Waals surface area contributed by atoms with Gasteiger partial charge in [0, 0.05) is 11.5 Å². The summed E-state index contributed by atoms with van der Waals surface area (Å²) in [5.41, 5.74) is 10.6. The minimum Gasteiger partial charge on any atom is -0.480 e. The van der Waals surface area contributed by atoms with Crippen LogP contribution in [-0.4, -0.2) is 45.7 Å². The van der Waals surface area contributed by atoms with Crippen molar-refractivity contribution < 1.29 is 19.8 Å². The molecule has 16 heavy (non-hydrogen) atoms. The van der Waals surface area contributed by atoms with Gasteiger partial charge in [0.2, 0.25) is 0 Å². The largest absolute Gasteiger partial charge is 0.480 e. The standard InChI is InChI=1S/C8H16N2O4S2/c9-5(7(11)12)1-3-15-16-4-2-6(10)8(13)14/h5-6H,1-4,9-10H2,(H,11,12)(H,13,14)/t5-,6?/m1/s1. The molecule has 0 bridgehead atoms. The molecule has 0 amide bonds. The smallest absolute Gasteiger partial charge is 0.320 e. The van der Waals surface area contributed by atoms with Crippen molar-refractivity contribution in [1.82, 2.24) is 0 Å². The van der Waals surface area contributed by atoms with Crippen LogP contribution < -0.4 is 11.5 Å². The Balaban J connectivity index is 3.34. The van der Waals surface area contributed by atoms with Crippen molar-refractivity contribution in [3.63, 3.8) is 0 Å². The van der Waals surface area contributed by atoms with Crippen LogP contribution in [0.3, 0.4) is 0 Å². The topological polar surface area (TPSA) is 127 Å². The van der Waals surface area contributed by atoms with Crippen molar-refractivity contribution in [3.8, 4) is 0 Å². The molecule has 0 saturated carbocycles. The van der Waals surface area contributed by atoms with E-state index in [1.54, 1.807) is 0 Å². The average molecular weight is 268 g/mol. The monoisotopic (exact) mass is 268 g/mol. The third-order valence-electron chi connectivity index (χ3n) is 1.74. The number of carboxylic acid groups (broad SMARTS) is 2. The maximum Gasteiger partial charge on any atom is 0.320 e. The van der Waals surface area contributed by atoms with E-state index in [4.69, 9.17) is 21.7 Å². The van der Waals surface area contributed by atoms with Crippen LogP contribution in [0.1, 0.15) is 12.8 Å². The molecule has 0 aliphatic carbocycles. The van der Waals surface area contributed by atoms with Crippen LogP contribution in [0.15, 0.2) is 0 Å². The molecule has 1 unspecified atom stereocenters. The number of nitrogens with two attached hydrogens (primary N) is 2. The lowest BCUT2D eigenvalue weighted by molar-refractivity contribution is -0.139. The lowest BCUT2D eigenvalue weighted by Gasteiger charge is -2.06. The van der Waals surface area contributed by atoms with Crippen molar-refractivity contribution in [1.29, 1.82) is 0 Å². The minimum atomic E-state index is -1.00. The van der Waals surface area contributed by atoms with E-state index in [0.29, 0.717) is 24.3 Å². The SMILES string of the molecule is NC(CCSSCC[C@@H](N)C(=O)O)C(=O)O. The van der Waals surface area contributed by atoms with Crippen LogP contribution >= 0.6 is 21.6 Å². The molecule has 0 aliphatic heterocycles. The second-order valence-corrected chi connectivity index (χ2v) is 5.81. The maximum absolute atomic E-state index is 10.4. The molecule has 0 rings (SSSR count). The van der Waals surface area contributed by atoms with Crippen molar-refractivity contribution in [2.75, 3.05) is 11.5 Å². The Labute approximate surface area is 102 Å². The fourth-order valence-corrected chi connectivity index (χ4v) is 2.94. The third-order valence-corrected chi connectivity index (χ3v) is 4.21. The second-order valence-electron chi connectivity index (χ2n) is 3.11. The molecule has 6 N–H and O–H groups in total. The van der Waals surface area contributed by atoms with E-state index < -0.39 is 24.0 Å². The Bertz CT molecular complexity index is 216. The van der Waals surface area contributed by atoms with Crippen molar-refractivity contribution in [3.05, 3.63) is 0 Å². The van der Waals surface area contributed by atoms with E-state index in [1.165, 1.54) is 21.6 Å². The van der Waals surface area contributed by atoms with Crippen LogP contribution in [0.2, 0.25) is 0 Å². The van der Waals surface area contributed by atoms with Gasteiger partial charge < -0.3 is 21.7 Å². The molecule has 2 atom stereocenters. The van der Waals surface area contributed by atoms with E-state index in [9.17, 15) is 9.59 Å². The fourth-order valence-electron chi connectivity index (χ4n) is 0.715. The molecular formula is C8H16N2O4S2. The van der Waals surface area contributed by atoms with Gasteiger partial charge in [0.05, 0.1) is 0 Å². The number of hydrogen-bond acceptors (Lipinski definition) is 6. The molecule has 0 saturated heterocycles. The zero-order valence-corrected chi connectivity index (χ0v) is 10.3. The first-order valence-corrected chi connectivity index (χ1v) is 7.15. The lowest BCUT2D eigenvalue weighted by Crippen LogP contribution is -2.30. The zero-order valence-electron chi connectivity index (χ0n) is 8.67. The van der Waals surface area contributed by atoms with Gasteiger partial charge in [-0.25, -0.2) is 0 Å². The Morgan fingerprint density at radius 2 is 1.25 bits per heavy atom. The number of hydrogen-bond donors (Lipinski definition) is 4. The fraction of sp³-hybridized carbons (Fsp3) is 0.750. The highest BCUT2D eigenvalue weighted by molar-refractivity contribution is 8.76. The van der Waals surface area contributed by atoms with Gasteiger partial charge >= 0.3 is 11.9 Å². The first-order valence-electron chi connectivity index (χ1n) is 4.66. The summed E-state index contributed by atoms with van der Waals surface area (Å²) in [5.74, 6) is -0.752. The number of aliphatic carboxylic acids is 2. The summed E-state index contributed by atoms with van der Waals surface area (Å²) in [4.78, 5) is 20.7. The predicted molar refractivity (Wildman–Crippen MR) is 65.4 cm³/mol. The molecule has 0 radical (unpaired) electrons. The van der Waals surface area contributed by atoms with E-state index >= 15 is 0 Å². The Kier molecular flexibility index (Phi) is 8.44. The van der Waals surface area contributed by atoms with Crippen molar-refractivity contribution in [2.45, 2.75) is 24.9 Å². The van der Waals surface area contributed by atoms with Gasteiger partial charge in [-0.15, -0.1) is 0 Å². The minimum absolute atomic E-state index is 0.401. The van der Waals surface area contributed by atoms with Crippen molar-refractivity contribution in [2.24, 2.45) is 11.5 Å². The van der Waals surface area contributed by atoms with Crippen LogP contribution in [0.25, 0.3) is 0 Å². The summed E-state index contributed by atoms with van der Waals surface area (Å²) in [6.45, 7) is 0.